The van der Waals surface area contributed by atoms with Crippen molar-refractivity contribution >= 4 is 50.5 Å². The van der Waals surface area contributed by atoms with Gasteiger partial charge in [-0.3, -0.25) is 9.10 Å². The van der Waals surface area contributed by atoms with Crippen LogP contribution in [0, 0.1) is 0 Å². The van der Waals surface area contributed by atoms with E-state index in [1.165, 1.54) is 18.2 Å². The Kier molecular flexibility index (Phi) is 7.12. The van der Waals surface area contributed by atoms with E-state index < -0.39 is 22.5 Å². The molecule has 0 aliphatic heterocycles. The van der Waals surface area contributed by atoms with Gasteiger partial charge in [0.15, 0.2) is 0 Å². The molecule has 27 heavy (non-hydrogen) atoms. The largest absolute Gasteiger partial charge is 0.490 e. The van der Waals surface area contributed by atoms with Crippen LogP contribution in [0.2, 0.25) is 10.0 Å². The van der Waals surface area contributed by atoms with Gasteiger partial charge in [0.05, 0.1) is 17.0 Å². The third-order valence-corrected chi connectivity index (χ3v) is 5.04. The topological polar surface area (TPSA) is 75.7 Å². The number of amides is 1. The first-order valence-electron chi connectivity index (χ1n) is 7.77. The molecule has 0 aliphatic rings. The fourth-order valence-electron chi connectivity index (χ4n) is 2.19. The summed E-state index contributed by atoms with van der Waals surface area (Å²) in [6.07, 6.45) is 2.62. The molecule has 0 saturated heterocycles. The van der Waals surface area contributed by atoms with Gasteiger partial charge in [-0.15, -0.1) is 0 Å². The predicted octanol–water partition coefficient (Wildman–Crippen LogP) is 3.96. The van der Waals surface area contributed by atoms with Crippen molar-refractivity contribution in [3.8, 4) is 5.75 Å². The second-order valence-electron chi connectivity index (χ2n) is 5.54. The van der Waals surface area contributed by atoms with Gasteiger partial charge in [-0.2, -0.15) is 0 Å². The normalized spacial score (nSPS) is 10.9. The SMILES string of the molecule is C=CCOc1ccc(NC(=O)CN(c2ccc(Cl)cc2Cl)S(C)(=O)=O)cc1. The maximum absolute atomic E-state index is 12.3. The Morgan fingerprint density at radius 2 is 1.89 bits per heavy atom. The lowest BCUT2D eigenvalue weighted by molar-refractivity contribution is -0.114. The Morgan fingerprint density at radius 1 is 1.22 bits per heavy atom. The zero-order valence-electron chi connectivity index (χ0n) is 14.5. The number of hydrogen-bond donors (Lipinski definition) is 1. The smallest absolute Gasteiger partial charge is 0.245 e. The second kappa shape index (κ2) is 9.12. The zero-order valence-corrected chi connectivity index (χ0v) is 16.8. The van der Waals surface area contributed by atoms with Crippen molar-refractivity contribution in [2.75, 3.05) is 29.0 Å². The van der Waals surface area contributed by atoms with Crippen molar-refractivity contribution in [3.63, 3.8) is 0 Å². The molecule has 9 heteroatoms. The summed E-state index contributed by atoms with van der Waals surface area (Å²) in [5.41, 5.74) is 0.675. The molecule has 0 aliphatic carbocycles. The summed E-state index contributed by atoms with van der Waals surface area (Å²) in [4.78, 5) is 12.3. The number of rotatable bonds is 8. The molecule has 1 amide bonds. The van der Waals surface area contributed by atoms with Crippen LogP contribution in [0.3, 0.4) is 0 Å². The van der Waals surface area contributed by atoms with Crippen LogP contribution in [-0.2, 0) is 14.8 Å². The molecule has 0 aromatic heterocycles. The Hall–Kier alpha value is -2.22. The van der Waals surface area contributed by atoms with E-state index >= 15 is 0 Å². The molecule has 1 N–H and O–H groups in total. The summed E-state index contributed by atoms with van der Waals surface area (Å²) in [6.45, 7) is 3.50. The van der Waals surface area contributed by atoms with Gasteiger partial charge in [-0.25, -0.2) is 8.42 Å². The molecule has 2 rings (SSSR count). The molecular weight excluding hydrogens is 411 g/mol. The van der Waals surface area contributed by atoms with E-state index in [1.807, 2.05) is 0 Å². The number of anilines is 2. The van der Waals surface area contributed by atoms with E-state index in [9.17, 15) is 13.2 Å². The van der Waals surface area contributed by atoms with Crippen molar-refractivity contribution in [3.05, 3.63) is 65.2 Å². The fraction of sp³-hybridized carbons (Fsp3) is 0.167. The number of halogens is 2. The summed E-state index contributed by atoms with van der Waals surface area (Å²) >= 11 is 11.9. The highest BCUT2D eigenvalue weighted by Crippen LogP contribution is 2.30. The van der Waals surface area contributed by atoms with Gasteiger partial charge in [0.2, 0.25) is 15.9 Å². The Bertz CT molecular complexity index is 931. The Balaban J connectivity index is 2.13. The molecule has 0 spiro atoms. The molecule has 0 unspecified atom stereocenters. The van der Waals surface area contributed by atoms with Crippen LogP contribution < -0.4 is 14.4 Å². The average Bonchev–Trinajstić information content (AvgIpc) is 2.59. The first-order chi connectivity index (χ1) is 12.7. The quantitative estimate of drug-likeness (QED) is 0.645. The first-order valence-corrected chi connectivity index (χ1v) is 10.4. The number of sulfonamides is 1. The molecule has 0 radical (unpaired) electrons. The van der Waals surface area contributed by atoms with E-state index in [1.54, 1.807) is 30.3 Å². The van der Waals surface area contributed by atoms with Gasteiger partial charge in [0, 0.05) is 10.7 Å². The lowest BCUT2D eigenvalue weighted by atomic mass is 10.3. The van der Waals surface area contributed by atoms with Crippen LogP contribution in [0.15, 0.2) is 55.1 Å². The summed E-state index contributed by atoms with van der Waals surface area (Å²) in [5.74, 6) is 0.102. The van der Waals surface area contributed by atoms with Gasteiger partial charge < -0.3 is 10.1 Å². The van der Waals surface area contributed by atoms with Crippen molar-refractivity contribution < 1.29 is 17.9 Å². The maximum atomic E-state index is 12.3. The van der Waals surface area contributed by atoms with Crippen LogP contribution in [0.1, 0.15) is 0 Å². The van der Waals surface area contributed by atoms with E-state index in [0.717, 1.165) is 10.6 Å². The molecule has 0 heterocycles. The van der Waals surface area contributed by atoms with Crippen LogP contribution in [0.25, 0.3) is 0 Å². The Labute approximate surface area is 168 Å². The number of nitrogens with one attached hydrogen (secondary N) is 1. The van der Waals surface area contributed by atoms with Crippen LogP contribution >= 0.6 is 23.2 Å². The van der Waals surface area contributed by atoms with E-state index in [2.05, 4.69) is 11.9 Å². The zero-order chi connectivity index (χ0) is 20.0. The predicted molar refractivity (Wildman–Crippen MR) is 109 cm³/mol. The molecule has 144 valence electrons. The monoisotopic (exact) mass is 428 g/mol. The molecule has 0 fully saturated rings. The number of benzene rings is 2. The standard InChI is InChI=1S/C18H18Cl2N2O4S/c1-3-10-26-15-7-5-14(6-8-15)21-18(23)12-22(27(2,24)25)17-9-4-13(19)11-16(17)20/h3-9,11H,1,10,12H2,2H3,(H,21,23). The number of carbonyl (C=O) groups excluding carboxylic acids is 1. The van der Waals surface area contributed by atoms with E-state index in [4.69, 9.17) is 27.9 Å². The first kappa shape index (κ1) is 21.1. The fourth-order valence-corrected chi connectivity index (χ4v) is 3.61. The van der Waals surface area contributed by atoms with Gasteiger partial charge in [0.1, 0.15) is 18.9 Å². The third-order valence-electron chi connectivity index (χ3n) is 3.37. The second-order valence-corrected chi connectivity index (χ2v) is 8.29. The van der Waals surface area contributed by atoms with Crippen molar-refractivity contribution in [2.24, 2.45) is 0 Å². The highest BCUT2D eigenvalue weighted by atomic mass is 35.5. The average molecular weight is 429 g/mol. The van der Waals surface area contributed by atoms with Crippen LogP contribution in [0.5, 0.6) is 5.75 Å². The van der Waals surface area contributed by atoms with Crippen LogP contribution in [-0.4, -0.2) is 33.7 Å². The summed E-state index contributed by atoms with van der Waals surface area (Å²) < 4.78 is 30.5. The van der Waals surface area contributed by atoms with Crippen LogP contribution in [0.4, 0.5) is 11.4 Å². The molecule has 6 nitrogen and oxygen atoms in total. The van der Waals surface area contributed by atoms with Crippen molar-refractivity contribution in [1.29, 1.82) is 0 Å². The molecule has 0 atom stereocenters. The minimum Gasteiger partial charge on any atom is -0.490 e. The number of hydrogen-bond acceptors (Lipinski definition) is 4. The molecule has 0 saturated carbocycles. The molecule has 0 bridgehead atoms. The maximum Gasteiger partial charge on any atom is 0.245 e. The molecular formula is C18H18Cl2N2O4S. The number of carbonyl (C=O) groups is 1. The lowest BCUT2D eigenvalue weighted by Gasteiger charge is -2.23. The van der Waals surface area contributed by atoms with Gasteiger partial charge >= 0.3 is 0 Å². The van der Waals surface area contributed by atoms with Gasteiger partial charge in [-0.1, -0.05) is 35.9 Å². The highest BCUT2D eigenvalue weighted by molar-refractivity contribution is 7.92. The Morgan fingerprint density at radius 3 is 2.44 bits per heavy atom. The number of ether oxygens (including phenoxy) is 1. The van der Waals surface area contributed by atoms with E-state index in [0.29, 0.717) is 23.1 Å². The highest BCUT2D eigenvalue weighted by Gasteiger charge is 2.23. The minimum atomic E-state index is -3.74. The summed E-state index contributed by atoms with van der Waals surface area (Å²) in [6, 6.07) is 11.0. The van der Waals surface area contributed by atoms with Crippen molar-refractivity contribution in [1.82, 2.24) is 0 Å². The molecule has 2 aromatic rings. The number of nitrogens with zero attached hydrogens (tertiary/aromatic N) is 1. The minimum absolute atomic E-state index is 0.129. The van der Waals surface area contributed by atoms with Gasteiger partial charge in [-0.05, 0) is 42.5 Å². The summed E-state index contributed by atoms with van der Waals surface area (Å²) in [7, 11) is -3.74. The lowest BCUT2D eigenvalue weighted by Crippen LogP contribution is -2.37. The van der Waals surface area contributed by atoms with Crippen molar-refractivity contribution in [2.45, 2.75) is 0 Å². The third kappa shape index (κ3) is 6.16. The molecule has 2 aromatic carbocycles. The van der Waals surface area contributed by atoms with Gasteiger partial charge in [0.25, 0.3) is 0 Å². The van der Waals surface area contributed by atoms with E-state index in [-0.39, 0.29) is 10.7 Å². The summed E-state index contributed by atoms with van der Waals surface area (Å²) in [5, 5.41) is 3.13.